The van der Waals surface area contributed by atoms with E-state index in [1.165, 1.54) is 12.1 Å². The maximum absolute atomic E-state index is 13.2. The summed E-state index contributed by atoms with van der Waals surface area (Å²) in [6.45, 7) is 3.50. The standard InChI is InChI=1S/C18H19F3N2O2S/c1-3-23(15-7-6-14(10-22)16(9-15)18(19,20)21)26(24,25)17-11(2)12-4-5-13(17)8-12/h4-7,9,11-13,17H,3,8H2,1-2H3/t11-,12-,13+,17-/m0/s1. The van der Waals surface area contributed by atoms with Crippen LogP contribution >= 0.6 is 0 Å². The first-order valence-electron chi connectivity index (χ1n) is 8.42. The molecule has 26 heavy (non-hydrogen) atoms. The molecule has 4 nitrogen and oxygen atoms in total. The van der Waals surface area contributed by atoms with E-state index in [4.69, 9.17) is 5.26 Å². The molecule has 0 aliphatic heterocycles. The van der Waals surface area contributed by atoms with Crippen LogP contribution in [0.25, 0.3) is 0 Å². The molecule has 2 bridgehead atoms. The van der Waals surface area contributed by atoms with E-state index in [0.29, 0.717) is 0 Å². The molecule has 1 saturated carbocycles. The van der Waals surface area contributed by atoms with Crippen LogP contribution in [0.5, 0.6) is 0 Å². The summed E-state index contributed by atoms with van der Waals surface area (Å²) in [6, 6.07) is 4.56. The quantitative estimate of drug-likeness (QED) is 0.739. The number of nitrogens with zero attached hydrogens (tertiary/aromatic N) is 2. The van der Waals surface area contributed by atoms with Crippen LogP contribution in [0.1, 0.15) is 31.4 Å². The lowest BCUT2D eigenvalue weighted by atomic mass is 9.95. The summed E-state index contributed by atoms with van der Waals surface area (Å²) in [4.78, 5) is 0. The molecule has 8 heteroatoms. The maximum atomic E-state index is 13.2. The van der Waals surface area contributed by atoms with Crippen molar-refractivity contribution in [2.75, 3.05) is 10.8 Å². The normalized spacial score (nSPS) is 27.5. The van der Waals surface area contributed by atoms with Gasteiger partial charge in [0.15, 0.2) is 0 Å². The van der Waals surface area contributed by atoms with E-state index in [9.17, 15) is 21.6 Å². The first-order valence-corrected chi connectivity index (χ1v) is 9.92. The second kappa shape index (κ2) is 6.31. The third kappa shape index (κ3) is 2.88. The van der Waals surface area contributed by atoms with Gasteiger partial charge in [0.25, 0.3) is 0 Å². The van der Waals surface area contributed by atoms with Crippen molar-refractivity contribution in [2.45, 2.75) is 31.7 Å². The van der Waals surface area contributed by atoms with Crippen molar-refractivity contribution in [2.24, 2.45) is 17.8 Å². The molecule has 3 rings (SSSR count). The Morgan fingerprint density at radius 1 is 1.27 bits per heavy atom. The van der Waals surface area contributed by atoms with Crippen LogP contribution in [0.3, 0.4) is 0 Å². The molecule has 2 aliphatic rings. The fourth-order valence-electron chi connectivity index (χ4n) is 4.19. The number of anilines is 1. The largest absolute Gasteiger partial charge is 0.417 e. The zero-order valence-corrected chi connectivity index (χ0v) is 15.2. The molecule has 1 aromatic carbocycles. The Labute approximate surface area is 151 Å². The molecule has 0 heterocycles. The molecule has 0 saturated heterocycles. The molecule has 0 unspecified atom stereocenters. The lowest BCUT2D eigenvalue weighted by molar-refractivity contribution is -0.137. The average molecular weight is 384 g/mol. The van der Waals surface area contributed by atoms with Crippen LogP contribution in [-0.2, 0) is 16.2 Å². The van der Waals surface area contributed by atoms with Gasteiger partial charge in [-0.3, -0.25) is 4.31 Å². The molecular formula is C18H19F3N2O2S. The maximum Gasteiger partial charge on any atom is 0.417 e. The number of allylic oxidation sites excluding steroid dienone is 2. The number of hydrogen-bond acceptors (Lipinski definition) is 3. The van der Waals surface area contributed by atoms with Crippen LogP contribution in [0.2, 0.25) is 0 Å². The SMILES string of the molecule is CCN(c1ccc(C#N)c(C(F)(F)F)c1)S(=O)(=O)[C@H]1[C@@H](C)[C@H]2C=C[C@@H]1C2. The lowest BCUT2D eigenvalue weighted by Gasteiger charge is -2.32. The minimum Gasteiger partial charge on any atom is -0.270 e. The summed E-state index contributed by atoms with van der Waals surface area (Å²) in [5.41, 5.74) is -1.70. The summed E-state index contributed by atoms with van der Waals surface area (Å²) >= 11 is 0. The zero-order valence-electron chi connectivity index (χ0n) is 14.4. The molecule has 140 valence electrons. The lowest BCUT2D eigenvalue weighted by Crippen LogP contribution is -2.43. The number of rotatable bonds is 4. The van der Waals surface area contributed by atoms with Crippen molar-refractivity contribution in [3.05, 3.63) is 41.5 Å². The number of halogens is 3. The van der Waals surface area contributed by atoms with E-state index in [1.807, 2.05) is 19.1 Å². The van der Waals surface area contributed by atoms with Crippen molar-refractivity contribution < 1.29 is 21.6 Å². The third-order valence-electron chi connectivity index (χ3n) is 5.42. The number of nitriles is 1. The molecule has 1 fully saturated rings. The molecule has 0 amide bonds. The molecule has 0 N–H and O–H groups in total. The van der Waals surface area contributed by atoms with Gasteiger partial charge in [0, 0.05) is 6.54 Å². The van der Waals surface area contributed by atoms with Gasteiger partial charge in [-0.2, -0.15) is 18.4 Å². The molecule has 0 aromatic heterocycles. The number of sulfonamides is 1. The number of alkyl halides is 3. The number of fused-ring (bicyclic) bond motifs is 2. The van der Waals surface area contributed by atoms with Gasteiger partial charge in [0.2, 0.25) is 10.0 Å². The minimum absolute atomic E-state index is 0.0237. The Hall–Kier alpha value is -2.01. The van der Waals surface area contributed by atoms with Crippen molar-refractivity contribution in [3.63, 3.8) is 0 Å². The Morgan fingerprint density at radius 2 is 1.92 bits per heavy atom. The smallest absolute Gasteiger partial charge is 0.270 e. The molecule has 0 spiro atoms. The van der Waals surface area contributed by atoms with Gasteiger partial charge < -0.3 is 0 Å². The molecule has 0 radical (unpaired) electrons. The highest BCUT2D eigenvalue weighted by molar-refractivity contribution is 7.93. The highest BCUT2D eigenvalue weighted by atomic mass is 32.2. The fraction of sp³-hybridized carbons (Fsp3) is 0.500. The van der Waals surface area contributed by atoms with E-state index >= 15 is 0 Å². The molecular weight excluding hydrogens is 365 g/mol. The van der Waals surface area contributed by atoms with Crippen molar-refractivity contribution in [1.82, 2.24) is 0 Å². The van der Waals surface area contributed by atoms with Crippen LogP contribution in [0.15, 0.2) is 30.4 Å². The van der Waals surface area contributed by atoms with Gasteiger partial charge in [0.05, 0.1) is 28.1 Å². The molecule has 1 aromatic rings. The minimum atomic E-state index is -4.73. The predicted molar refractivity (Wildman–Crippen MR) is 91.8 cm³/mol. The van der Waals surface area contributed by atoms with E-state index in [-0.39, 0.29) is 30.0 Å². The van der Waals surface area contributed by atoms with Crippen LogP contribution in [0, 0.1) is 29.1 Å². The van der Waals surface area contributed by atoms with E-state index in [0.717, 1.165) is 22.9 Å². The number of hydrogen-bond donors (Lipinski definition) is 0. The highest BCUT2D eigenvalue weighted by Crippen LogP contribution is 2.48. The summed E-state index contributed by atoms with van der Waals surface area (Å²) in [5, 5.41) is 8.28. The second-order valence-electron chi connectivity index (χ2n) is 6.82. The summed E-state index contributed by atoms with van der Waals surface area (Å²) < 4.78 is 67.2. The predicted octanol–water partition coefficient (Wildman–Crippen LogP) is 3.94. The van der Waals surface area contributed by atoms with Gasteiger partial charge in [0.1, 0.15) is 0 Å². The van der Waals surface area contributed by atoms with Crippen molar-refractivity contribution >= 4 is 15.7 Å². The molecule has 2 aliphatic carbocycles. The first-order chi connectivity index (χ1) is 12.1. The zero-order chi connectivity index (χ0) is 19.3. The van der Waals surface area contributed by atoms with Crippen molar-refractivity contribution in [1.29, 1.82) is 5.26 Å². The summed E-state index contributed by atoms with van der Waals surface area (Å²) in [7, 11) is -3.83. The van der Waals surface area contributed by atoms with E-state index < -0.39 is 32.6 Å². The Balaban J connectivity index is 2.04. The Bertz CT molecular complexity index is 887. The summed E-state index contributed by atoms with van der Waals surface area (Å²) in [6.07, 6.45) is -0.0295. The molecule has 4 atom stereocenters. The second-order valence-corrected chi connectivity index (χ2v) is 8.84. The first kappa shape index (κ1) is 18.8. The van der Waals surface area contributed by atoms with E-state index in [1.54, 1.807) is 6.92 Å². The Kier molecular flexibility index (Phi) is 4.55. The highest BCUT2D eigenvalue weighted by Gasteiger charge is 2.50. The van der Waals surface area contributed by atoms with Crippen molar-refractivity contribution in [3.8, 4) is 6.07 Å². The van der Waals surface area contributed by atoms with Gasteiger partial charge in [-0.1, -0.05) is 19.1 Å². The fourth-order valence-corrected chi connectivity index (χ4v) is 6.64. The third-order valence-corrected chi connectivity index (χ3v) is 7.97. The number of benzene rings is 1. The average Bonchev–Trinajstić information content (AvgIpc) is 3.15. The van der Waals surface area contributed by atoms with Gasteiger partial charge in [-0.15, -0.1) is 0 Å². The van der Waals surface area contributed by atoms with Gasteiger partial charge in [-0.25, -0.2) is 8.42 Å². The Morgan fingerprint density at radius 3 is 2.42 bits per heavy atom. The van der Waals surface area contributed by atoms with Crippen LogP contribution in [-0.4, -0.2) is 20.2 Å². The van der Waals surface area contributed by atoms with Gasteiger partial charge >= 0.3 is 6.18 Å². The van der Waals surface area contributed by atoms with E-state index in [2.05, 4.69) is 0 Å². The summed E-state index contributed by atoms with van der Waals surface area (Å²) in [5.74, 6) is 0.0178. The monoisotopic (exact) mass is 384 g/mol. The van der Waals surface area contributed by atoms with Crippen LogP contribution < -0.4 is 4.31 Å². The topological polar surface area (TPSA) is 61.2 Å². The van der Waals surface area contributed by atoms with Gasteiger partial charge in [-0.05, 0) is 49.3 Å². The van der Waals surface area contributed by atoms with Crippen LogP contribution in [0.4, 0.5) is 18.9 Å².